The van der Waals surface area contributed by atoms with Gasteiger partial charge in [0.2, 0.25) is 0 Å². The molecule has 3 nitrogen and oxygen atoms in total. The van der Waals surface area contributed by atoms with E-state index in [1.807, 2.05) is 0 Å². The van der Waals surface area contributed by atoms with Gasteiger partial charge in [-0.15, -0.1) is 0 Å². The van der Waals surface area contributed by atoms with Crippen LogP contribution in [0.2, 0.25) is 0 Å². The van der Waals surface area contributed by atoms with Crippen LogP contribution in [0.1, 0.15) is 19.8 Å². The molecule has 0 amide bonds. The minimum atomic E-state index is 0.196. The maximum absolute atomic E-state index is 6.12. The Morgan fingerprint density at radius 2 is 1.93 bits per heavy atom. The van der Waals surface area contributed by atoms with Gasteiger partial charge < -0.3 is 15.2 Å². The van der Waals surface area contributed by atoms with Crippen LogP contribution in [0, 0.1) is 5.92 Å². The summed E-state index contributed by atoms with van der Waals surface area (Å²) in [7, 11) is 0. The standard InChI is InChI=1S/C10H18BrNO2/c1-2-6-8(12)5-7(11)10-9(6)13-3-4-14-10/h6-10H,2-5,12H2,1H3. The minimum absolute atomic E-state index is 0.196. The Morgan fingerprint density at radius 1 is 1.29 bits per heavy atom. The van der Waals surface area contributed by atoms with Crippen molar-refractivity contribution in [2.45, 2.75) is 42.8 Å². The molecular weight excluding hydrogens is 246 g/mol. The third kappa shape index (κ3) is 1.85. The van der Waals surface area contributed by atoms with Crippen LogP contribution in [-0.4, -0.2) is 36.3 Å². The Bertz CT molecular complexity index is 193. The van der Waals surface area contributed by atoms with Crippen molar-refractivity contribution in [3.8, 4) is 0 Å². The molecule has 2 fully saturated rings. The Morgan fingerprint density at radius 3 is 2.57 bits per heavy atom. The van der Waals surface area contributed by atoms with Crippen molar-refractivity contribution >= 4 is 15.9 Å². The molecule has 82 valence electrons. The number of halogens is 1. The van der Waals surface area contributed by atoms with E-state index < -0.39 is 0 Å². The van der Waals surface area contributed by atoms with Crippen LogP contribution in [0.4, 0.5) is 0 Å². The van der Waals surface area contributed by atoms with Gasteiger partial charge in [-0.1, -0.05) is 22.9 Å². The summed E-state index contributed by atoms with van der Waals surface area (Å²) < 4.78 is 11.5. The fourth-order valence-electron chi connectivity index (χ4n) is 2.58. The molecular formula is C10H18BrNO2. The van der Waals surface area contributed by atoms with Crippen molar-refractivity contribution in [1.29, 1.82) is 0 Å². The van der Waals surface area contributed by atoms with E-state index in [0.717, 1.165) is 19.4 Å². The molecule has 0 aromatic carbocycles. The van der Waals surface area contributed by atoms with Crippen LogP contribution < -0.4 is 5.73 Å². The molecule has 1 heterocycles. The summed E-state index contributed by atoms with van der Waals surface area (Å²) in [5.74, 6) is 0.453. The van der Waals surface area contributed by atoms with E-state index >= 15 is 0 Å². The number of fused-ring (bicyclic) bond motifs is 1. The number of ether oxygens (including phenoxy) is 2. The molecule has 2 N–H and O–H groups in total. The first-order chi connectivity index (χ1) is 6.74. The molecule has 5 atom stereocenters. The Labute approximate surface area is 93.4 Å². The van der Waals surface area contributed by atoms with Crippen molar-refractivity contribution in [1.82, 2.24) is 0 Å². The number of hydrogen-bond donors (Lipinski definition) is 1. The number of hydrogen-bond acceptors (Lipinski definition) is 3. The smallest absolute Gasteiger partial charge is 0.0966 e. The van der Waals surface area contributed by atoms with Gasteiger partial charge in [0.25, 0.3) is 0 Å². The predicted octanol–water partition coefficient (Wildman–Crippen LogP) is 1.29. The highest BCUT2D eigenvalue weighted by Crippen LogP contribution is 2.36. The van der Waals surface area contributed by atoms with Gasteiger partial charge >= 0.3 is 0 Å². The molecule has 1 aliphatic carbocycles. The second-order valence-electron chi connectivity index (χ2n) is 4.16. The monoisotopic (exact) mass is 263 g/mol. The zero-order valence-corrected chi connectivity index (χ0v) is 10.1. The summed E-state index contributed by atoms with van der Waals surface area (Å²) in [6.07, 6.45) is 2.46. The van der Waals surface area contributed by atoms with E-state index in [2.05, 4.69) is 22.9 Å². The molecule has 0 radical (unpaired) electrons. The van der Waals surface area contributed by atoms with Crippen LogP contribution >= 0.6 is 15.9 Å². The van der Waals surface area contributed by atoms with E-state index in [4.69, 9.17) is 15.2 Å². The van der Waals surface area contributed by atoms with Gasteiger partial charge in [-0.3, -0.25) is 0 Å². The molecule has 1 aliphatic heterocycles. The molecule has 2 rings (SSSR count). The van der Waals surface area contributed by atoms with E-state index in [9.17, 15) is 0 Å². The first kappa shape index (κ1) is 10.9. The molecule has 0 spiro atoms. The van der Waals surface area contributed by atoms with Crippen LogP contribution in [-0.2, 0) is 9.47 Å². The molecule has 0 aromatic rings. The maximum Gasteiger partial charge on any atom is 0.0966 e. The van der Waals surface area contributed by atoms with E-state index in [1.165, 1.54) is 0 Å². The first-order valence-corrected chi connectivity index (χ1v) is 6.28. The highest BCUT2D eigenvalue weighted by Gasteiger charge is 2.44. The Hall–Kier alpha value is 0.360. The second kappa shape index (κ2) is 4.47. The lowest BCUT2D eigenvalue weighted by atomic mass is 9.79. The molecule has 0 bridgehead atoms. The average Bonchev–Trinajstić information content (AvgIpc) is 2.18. The van der Waals surface area contributed by atoms with Gasteiger partial charge in [0.1, 0.15) is 0 Å². The van der Waals surface area contributed by atoms with Crippen LogP contribution in [0.25, 0.3) is 0 Å². The molecule has 14 heavy (non-hydrogen) atoms. The summed E-state index contributed by atoms with van der Waals surface area (Å²) in [4.78, 5) is 0.352. The summed E-state index contributed by atoms with van der Waals surface area (Å²) >= 11 is 3.64. The van der Waals surface area contributed by atoms with Crippen molar-refractivity contribution in [2.75, 3.05) is 13.2 Å². The summed E-state index contributed by atoms with van der Waals surface area (Å²) in [5, 5.41) is 0. The highest BCUT2D eigenvalue weighted by molar-refractivity contribution is 9.09. The molecule has 4 heteroatoms. The highest BCUT2D eigenvalue weighted by atomic mass is 79.9. The number of alkyl halides is 1. The van der Waals surface area contributed by atoms with Crippen LogP contribution in [0.15, 0.2) is 0 Å². The van der Waals surface area contributed by atoms with Crippen LogP contribution in [0.5, 0.6) is 0 Å². The van der Waals surface area contributed by atoms with E-state index in [-0.39, 0.29) is 18.2 Å². The quantitative estimate of drug-likeness (QED) is 0.726. The van der Waals surface area contributed by atoms with E-state index in [1.54, 1.807) is 0 Å². The van der Waals surface area contributed by atoms with Crippen molar-refractivity contribution in [3.63, 3.8) is 0 Å². The number of rotatable bonds is 1. The molecule has 5 unspecified atom stereocenters. The van der Waals surface area contributed by atoms with Crippen molar-refractivity contribution in [3.05, 3.63) is 0 Å². The fraction of sp³-hybridized carbons (Fsp3) is 1.00. The topological polar surface area (TPSA) is 44.5 Å². The van der Waals surface area contributed by atoms with Gasteiger partial charge in [0.15, 0.2) is 0 Å². The first-order valence-electron chi connectivity index (χ1n) is 5.37. The van der Waals surface area contributed by atoms with Crippen LogP contribution in [0.3, 0.4) is 0 Å². The molecule has 1 saturated heterocycles. The van der Waals surface area contributed by atoms with Gasteiger partial charge in [0, 0.05) is 16.8 Å². The Balaban J connectivity index is 2.11. The summed E-state index contributed by atoms with van der Waals surface area (Å²) in [6, 6.07) is 0.243. The molecule has 1 saturated carbocycles. The zero-order valence-electron chi connectivity index (χ0n) is 8.49. The third-order valence-corrected chi connectivity index (χ3v) is 4.22. The second-order valence-corrected chi connectivity index (χ2v) is 5.33. The largest absolute Gasteiger partial charge is 0.373 e. The molecule has 2 aliphatic rings. The van der Waals surface area contributed by atoms with Crippen molar-refractivity contribution in [2.24, 2.45) is 11.7 Å². The van der Waals surface area contributed by atoms with Gasteiger partial charge in [-0.25, -0.2) is 0 Å². The van der Waals surface area contributed by atoms with Gasteiger partial charge in [-0.05, 0) is 12.8 Å². The van der Waals surface area contributed by atoms with Gasteiger partial charge in [0.05, 0.1) is 25.4 Å². The fourth-order valence-corrected chi connectivity index (χ4v) is 3.47. The molecule has 0 aromatic heterocycles. The predicted molar refractivity (Wildman–Crippen MR) is 58.6 cm³/mol. The lowest BCUT2D eigenvalue weighted by Crippen LogP contribution is -2.57. The van der Waals surface area contributed by atoms with Gasteiger partial charge in [-0.2, -0.15) is 0 Å². The summed E-state index contributed by atoms with van der Waals surface area (Å²) in [5.41, 5.74) is 6.12. The average molecular weight is 264 g/mol. The maximum atomic E-state index is 6.12. The summed E-state index contributed by atoms with van der Waals surface area (Å²) in [6.45, 7) is 3.60. The zero-order chi connectivity index (χ0) is 10.1. The van der Waals surface area contributed by atoms with E-state index in [0.29, 0.717) is 17.4 Å². The normalized spacial score (nSPS) is 48.6. The van der Waals surface area contributed by atoms with Crippen molar-refractivity contribution < 1.29 is 9.47 Å². The lowest BCUT2D eigenvalue weighted by molar-refractivity contribution is -0.174. The third-order valence-electron chi connectivity index (χ3n) is 3.32. The Kier molecular flexibility index (Phi) is 3.47. The lowest BCUT2D eigenvalue weighted by Gasteiger charge is -2.46. The SMILES string of the molecule is CCC1C(N)CC(Br)C2OCCOC12. The minimum Gasteiger partial charge on any atom is -0.373 e. The number of nitrogens with two attached hydrogens (primary N) is 1.